The first kappa shape index (κ1) is 10.7. The number of benzene rings is 1. The van der Waals surface area contributed by atoms with Gasteiger partial charge in [0.2, 0.25) is 0 Å². The molecule has 1 aromatic rings. The Hall–Kier alpha value is -2.33. The summed E-state index contributed by atoms with van der Waals surface area (Å²) in [5.74, 6) is -0.442. The SMILES string of the molecule is Cc1cc(C(=O)C=[N+]=N)ccc1[N+](=O)[O-]. The van der Waals surface area contributed by atoms with Crippen LogP contribution in [0.5, 0.6) is 0 Å². The molecule has 1 aromatic carbocycles. The van der Waals surface area contributed by atoms with Crippen molar-refractivity contribution in [1.29, 1.82) is 5.53 Å². The van der Waals surface area contributed by atoms with E-state index in [1.165, 1.54) is 18.2 Å². The van der Waals surface area contributed by atoms with Crippen LogP contribution in [0.25, 0.3) is 0 Å². The maximum Gasteiger partial charge on any atom is 0.377 e. The van der Waals surface area contributed by atoms with Crippen molar-refractivity contribution in [1.82, 2.24) is 0 Å². The predicted octanol–water partition coefficient (Wildman–Crippen LogP) is 1.40. The number of rotatable bonds is 3. The van der Waals surface area contributed by atoms with Crippen LogP contribution in [0.3, 0.4) is 0 Å². The van der Waals surface area contributed by atoms with E-state index in [9.17, 15) is 14.9 Å². The summed E-state index contributed by atoms with van der Waals surface area (Å²) in [6.45, 7) is 1.55. The molecule has 0 spiro atoms. The van der Waals surface area contributed by atoms with Crippen molar-refractivity contribution >= 4 is 17.7 Å². The van der Waals surface area contributed by atoms with E-state index in [1.807, 2.05) is 0 Å². The van der Waals surface area contributed by atoms with E-state index in [-0.39, 0.29) is 11.3 Å². The summed E-state index contributed by atoms with van der Waals surface area (Å²) >= 11 is 0. The number of nitrogens with zero attached hydrogens (tertiary/aromatic N) is 2. The lowest BCUT2D eigenvalue weighted by Crippen LogP contribution is -2.02. The molecule has 0 fully saturated rings. The molecule has 6 nitrogen and oxygen atoms in total. The first-order valence-electron chi connectivity index (χ1n) is 4.05. The Labute approximate surface area is 84.9 Å². The van der Waals surface area contributed by atoms with Crippen molar-refractivity contribution in [3.63, 3.8) is 0 Å². The number of nitro groups is 1. The molecule has 0 saturated heterocycles. The maximum absolute atomic E-state index is 11.2. The summed E-state index contributed by atoms with van der Waals surface area (Å²) in [4.78, 5) is 24.1. The zero-order chi connectivity index (χ0) is 11.4. The molecule has 76 valence electrons. The molecule has 0 aliphatic heterocycles. The molecular weight excluding hydrogens is 198 g/mol. The van der Waals surface area contributed by atoms with E-state index in [4.69, 9.17) is 5.53 Å². The summed E-state index contributed by atoms with van der Waals surface area (Å²) in [6, 6.07) is 4.01. The highest BCUT2D eigenvalue weighted by molar-refractivity contribution is 6.33. The number of aryl methyl sites for hydroxylation is 1. The van der Waals surface area contributed by atoms with Crippen LogP contribution in [0.4, 0.5) is 5.69 Å². The standard InChI is InChI=1S/C9H8N3O3/c1-6-4-7(9(13)5-11-10)2-3-8(6)12(14)15/h2-5,10H,1H3/q+1. The molecule has 0 bridgehead atoms. The Morgan fingerprint density at radius 3 is 2.73 bits per heavy atom. The van der Waals surface area contributed by atoms with Gasteiger partial charge in [-0.15, -0.1) is 0 Å². The van der Waals surface area contributed by atoms with Gasteiger partial charge in [0.05, 0.1) is 15.2 Å². The average Bonchev–Trinajstić information content (AvgIpc) is 2.17. The fraction of sp³-hybridized carbons (Fsp3) is 0.111. The number of carbonyl (C=O) groups is 1. The summed E-state index contributed by atoms with van der Waals surface area (Å²) < 4.78 is 0. The van der Waals surface area contributed by atoms with Crippen LogP contribution in [-0.2, 0) is 0 Å². The molecule has 0 unspecified atom stereocenters. The van der Waals surface area contributed by atoms with Gasteiger partial charge in [0.1, 0.15) is 0 Å². The molecule has 0 amide bonds. The number of hydrogen-bond donors (Lipinski definition) is 1. The Bertz CT molecular complexity index is 475. The highest BCUT2D eigenvalue weighted by Crippen LogP contribution is 2.18. The van der Waals surface area contributed by atoms with Gasteiger partial charge in [0, 0.05) is 17.2 Å². The molecule has 0 saturated carbocycles. The van der Waals surface area contributed by atoms with Gasteiger partial charge >= 0.3 is 6.21 Å². The third kappa shape index (κ3) is 2.32. The number of carbonyl (C=O) groups excluding carboxylic acids is 1. The summed E-state index contributed by atoms with van der Waals surface area (Å²) in [6.07, 6.45) is 0.848. The Morgan fingerprint density at radius 1 is 1.60 bits per heavy atom. The third-order valence-electron chi connectivity index (χ3n) is 1.86. The van der Waals surface area contributed by atoms with E-state index in [1.54, 1.807) is 6.92 Å². The van der Waals surface area contributed by atoms with Crippen LogP contribution < -0.4 is 0 Å². The van der Waals surface area contributed by atoms with Gasteiger partial charge in [-0.2, -0.15) is 0 Å². The second-order valence-electron chi connectivity index (χ2n) is 2.88. The summed E-state index contributed by atoms with van der Waals surface area (Å²) in [7, 11) is 0. The largest absolute Gasteiger partial charge is 0.377 e. The molecule has 1 rings (SSSR count). The molecule has 0 atom stereocenters. The van der Waals surface area contributed by atoms with Gasteiger partial charge < -0.3 is 0 Å². The minimum atomic E-state index is -0.512. The smallest absolute Gasteiger partial charge is 0.281 e. The van der Waals surface area contributed by atoms with Crippen LogP contribution in [-0.4, -0.2) is 21.7 Å². The Kier molecular flexibility index (Phi) is 3.05. The van der Waals surface area contributed by atoms with Crippen LogP contribution in [0.2, 0.25) is 0 Å². The minimum Gasteiger partial charge on any atom is -0.281 e. The second kappa shape index (κ2) is 4.26. The van der Waals surface area contributed by atoms with Crippen molar-refractivity contribution < 1.29 is 14.5 Å². The Balaban J connectivity index is 3.17. The summed E-state index contributed by atoms with van der Waals surface area (Å²) in [5, 5.41) is 10.5. The van der Waals surface area contributed by atoms with Crippen molar-refractivity contribution in [2.45, 2.75) is 6.92 Å². The lowest BCUT2D eigenvalue weighted by atomic mass is 10.1. The van der Waals surface area contributed by atoms with E-state index in [2.05, 4.69) is 4.79 Å². The third-order valence-corrected chi connectivity index (χ3v) is 1.86. The van der Waals surface area contributed by atoms with Crippen LogP contribution in [0.15, 0.2) is 18.2 Å². The summed E-state index contributed by atoms with van der Waals surface area (Å²) in [5.41, 5.74) is 7.15. The van der Waals surface area contributed by atoms with Gasteiger partial charge in [0.25, 0.3) is 11.5 Å². The average molecular weight is 206 g/mol. The zero-order valence-electron chi connectivity index (χ0n) is 7.93. The molecule has 6 heteroatoms. The van der Waals surface area contributed by atoms with Crippen molar-refractivity contribution in [3.05, 3.63) is 39.4 Å². The molecule has 0 aromatic heterocycles. The molecule has 0 heterocycles. The van der Waals surface area contributed by atoms with Gasteiger partial charge in [0.15, 0.2) is 0 Å². The van der Waals surface area contributed by atoms with E-state index < -0.39 is 10.7 Å². The lowest BCUT2D eigenvalue weighted by molar-refractivity contribution is -0.385. The first-order valence-corrected chi connectivity index (χ1v) is 4.05. The van der Waals surface area contributed by atoms with E-state index >= 15 is 0 Å². The van der Waals surface area contributed by atoms with Crippen LogP contribution in [0, 0.1) is 22.6 Å². The van der Waals surface area contributed by atoms with Gasteiger partial charge in [-0.1, -0.05) is 0 Å². The van der Waals surface area contributed by atoms with Crippen molar-refractivity contribution in [2.75, 3.05) is 0 Å². The predicted molar refractivity (Wildman–Crippen MR) is 51.2 cm³/mol. The fourth-order valence-electron chi connectivity index (χ4n) is 1.15. The lowest BCUT2D eigenvalue weighted by Gasteiger charge is -1.97. The van der Waals surface area contributed by atoms with Crippen LogP contribution in [0.1, 0.15) is 15.9 Å². The minimum absolute atomic E-state index is 0.0330. The second-order valence-corrected chi connectivity index (χ2v) is 2.88. The molecule has 0 aliphatic carbocycles. The van der Waals surface area contributed by atoms with E-state index in [0.717, 1.165) is 6.21 Å². The number of nitro benzene ring substituents is 1. The van der Waals surface area contributed by atoms with E-state index in [0.29, 0.717) is 5.56 Å². The van der Waals surface area contributed by atoms with Gasteiger partial charge in [-0.3, -0.25) is 14.9 Å². The quantitative estimate of drug-likeness (QED) is 0.202. The molecule has 1 N–H and O–H groups in total. The van der Waals surface area contributed by atoms with Gasteiger partial charge in [-0.05, 0) is 19.1 Å². The van der Waals surface area contributed by atoms with Crippen LogP contribution >= 0.6 is 0 Å². The fourth-order valence-corrected chi connectivity index (χ4v) is 1.15. The van der Waals surface area contributed by atoms with Gasteiger partial charge in [-0.25, -0.2) is 0 Å². The topological polar surface area (TPSA) is 98.2 Å². The maximum atomic E-state index is 11.2. The number of Topliss-reactive ketones (excluding diaryl/α,β-unsaturated/α-hetero) is 1. The van der Waals surface area contributed by atoms with Crippen molar-refractivity contribution in [2.24, 2.45) is 0 Å². The highest BCUT2D eigenvalue weighted by Gasteiger charge is 2.14. The number of hydrogen-bond acceptors (Lipinski definition) is 4. The number of nitrogens with one attached hydrogen (secondary N) is 1. The monoisotopic (exact) mass is 206 g/mol. The molecule has 0 aliphatic rings. The highest BCUT2D eigenvalue weighted by atomic mass is 16.6. The molecule has 15 heavy (non-hydrogen) atoms. The molecular formula is C9H8N3O3+. The van der Waals surface area contributed by atoms with Crippen molar-refractivity contribution in [3.8, 4) is 0 Å². The number of ketones is 1. The molecule has 0 radical (unpaired) electrons. The zero-order valence-corrected chi connectivity index (χ0v) is 7.93. The Morgan fingerprint density at radius 2 is 2.27 bits per heavy atom. The normalized spacial score (nSPS) is 9.13. The first-order chi connectivity index (χ1) is 7.06.